The number of imide groups is 1. The molecule has 1 fully saturated rings. The van der Waals surface area contributed by atoms with E-state index in [4.69, 9.17) is 0 Å². The number of urea groups is 1. The molecule has 130 valence electrons. The molecule has 2 rings (SSSR count). The van der Waals surface area contributed by atoms with Gasteiger partial charge in [0.15, 0.2) is 0 Å². The zero-order valence-corrected chi connectivity index (χ0v) is 14.3. The minimum absolute atomic E-state index is 0.149. The van der Waals surface area contributed by atoms with Gasteiger partial charge in [0.05, 0.1) is 5.54 Å². The SMILES string of the molecule is CC(C)(NNCC/C=C/CN1CCC(=O)NC1=O)c1ccccc1. The van der Waals surface area contributed by atoms with Gasteiger partial charge in [-0.3, -0.25) is 15.5 Å². The van der Waals surface area contributed by atoms with Crippen LogP contribution in [-0.4, -0.2) is 36.5 Å². The van der Waals surface area contributed by atoms with E-state index in [1.165, 1.54) is 5.56 Å². The third-order valence-corrected chi connectivity index (χ3v) is 3.97. The van der Waals surface area contributed by atoms with Gasteiger partial charge in [0.25, 0.3) is 0 Å². The average molecular weight is 330 g/mol. The number of hydrazine groups is 1. The number of carbonyl (C=O) groups excluding carboxylic acids is 2. The quantitative estimate of drug-likeness (QED) is 0.387. The molecule has 0 unspecified atom stereocenters. The molecule has 0 spiro atoms. The van der Waals surface area contributed by atoms with Crippen molar-refractivity contribution in [3.05, 3.63) is 48.0 Å². The lowest BCUT2D eigenvalue weighted by Gasteiger charge is -2.27. The molecule has 6 heteroatoms. The lowest BCUT2D eigenvalue weighted by Crippen LogP contribution is -2.49. The fraction of sp³-hybridized carbons (Fsp3) is 0.444. The Labute approximate surface area is 143 Å². The normalized spacial score (nSPS) is 15.8. The Morgan fingerprint density at radius 2 is 1.96 bits per heavy atom. The predicted molar refractivity (Wildman–Crippen MR) is 94.1 cm³/mol. The van der Waals surface area contributed by atoms with Gasteiger partial charge in [-0.2, -0.15) is 0 Å². The van der Waals surface area contributed by atoms with E-state index in [1.807, 2.05) is 30.4 Å². The zero-order chi connectivity index (χ0) is 17.4. The topological polar surface area (TPSA) is 73.5 Å². The van der Waals surface area contributed by atoms with Crippen LogP contribution in [0.25, 0.3) is 0 Å². The second kappa shape index (κ2) is 8.61. The first-order valence-electron chi connectivity index (χ1n) is 8.28. The Kier molecular flexibility index (Phi) is 6.52. The van der Waals surface area contributed by atoms with Gasteiger partial charge in [-0.15, -0.1) is 0 Å². The maximum absolute atomic E-state index is 11.6. The van der Waals surface area contributed by atoms with Crippen molar-refractivity contribution in [2.75, 3.05) is 19.6 Å². The van der Waals surface area contributed by atoms with Gasteiger partial charge in [0.2, 0.25) is 5.91 Å². The molecule has 1 aliphatic heterocycles. The summed E-state index contributed by atoms with van der Waals surface area (Å²) in [6.45, 7) is 6.06. The van der Waals surface area contributed by atoms with Crippen LogP contribution >= 0.6 is 0 Å². The molecule has 1 saturated heterocycles. The molecule has 24 heavy (non-hydrogen) atoms. The molecule has 1 aromatic carbocycles. The Morgan fingerprint density at radius 1 is 1.21 bits per heavy atom. The van der Waals surface area contributed by atoms with Crippen molar-refractivity contribution in [1.29, 1.82) is 0 Å². The summed E-state index contributed by atoms with van der Waals surface area (Å²) >= 11 is 0. The van der Waals surface area contributed by atoms with E-state index in [-0.39, 0.29) is 17.5 Å². The molecule has 1 aromatic rings. The van der Waals surface area contributed by atoms with Crippen LogP contribution in [0.3, 0.4) is 0 Å². The number of nitrogens with one attached hydrogen (secondary N) is 3. The molecule has 0 aromatic heterocycles. The largest absolute Gasteiger partial charge is 0.324 e. The zero-order valence-electron chi connectivity index (χ0n) is 14.3. The summed E-state index contributed by atoms with van der Waals surface area (Å²) in [4.78, 5) is 24.2. The Bertz CT molecular complexity index is 584. The van der Waals surface area contributed by atoms with E-state index in [0.717, 1.165) is 13.0 Å². The third-order valence-electron chi connectivity index (χ3n) is 3.97. The number of hydrogen-bond acceptors (Lipinski definition) is 4. The number of nitrogens with zero attached hydrogens (tertiary/aromatic N) is 1. The smallest absolute Gasteiger partial charge is 0.320 e. The van der Waals surface area contributed by atoms with Crippen molar-refractivity contribution in [3.63, 3.8) is 0 Å². The van der Waals surface area contributed by atoms with Crippen molar-refractivity contribution < 1.29 is 9.59 Å². The van der Waals surface area contributed by atoms with Gasteiger partial charge in [-0.1, -0.05) is 42.5 Å². The van der Waals surface area contributed by atoms with Gasteiger partial charge >= 0.3 is 6.03 Å². The number of hydrogen-bond donors (Lipinski definition) is 3. The van der Waals surface area contributed by atoms with E-state index < -0.39 is 0 Å². The molecule has 1 heterocycles. The highest BCUT2D eigenvalue weighted by Gasteiger charge is 2.21. The summed E-state index contributed by atoms with van der Waals surface area (Å²) in [5.74, 6) is -0.198. The van der Waals surface area contributed by atoms with Crippen LogP contribution in [0, 0.1) is 0 Å². The summed E-state index contributed by atoms with van der Waals surface area (Å²) in [6, 6.07) is 9.97. The fourth-order valence-electron chi connectivity index (χ4n) is 2.46. The molecule has 0 saturated carbocycles. The molecular formula is C18H26N4O2. The van der Waals surface area contributed by atoms with Crippen LogP contribution in [-0.2, 0) is 10.3 Å². The second-order valence-electron chi connectivity index (χ2n) is 6.35. The van der Waals surface area contributed by atoms with Gasteiger partial charge in [-0.25, -0.2) is 10.2 Å². The molecule has 0 aliphatic carbocycles. The van der Waals surface area contributed by atoms with Gasteiger partial charge in [-0.05, 0) is 25.8 Å². The van der Waals surface area contributed by atoms with E-state index in [0.29, 0.717) is 19.5 Å². The van der Waals surface area contributed by atoms with E-state index in [2.05, 4.69) is 42.1 Å². The molecule has 3 N–H and O–H groups in total. The summed E-state index contributed by atoms with van der Waals surface area (Å²) in [6.07, 6.45) is 5.22. The highest BCUT2D eigenvalue weighted by atomic mass is 16.2. The van der Waals surface area contributed by atoms with Crippen molar-refractivity contribution in [1.82, 2.24) is 21.1 Å². The van der Waals surface area contributed by atoms with Crippen LogP contribution in [0.1, 0.15) is 32.3 Å². The van der Waals surface area contributed by atoms with Crippen LogP contribution in [0.5, 0.6) is 0 Å². The first-order chi connectivity index (χ1) is 11.5. The number of amides is 3. The number of benzene rings is 1. The monoisotopic (exact) mass is 330 g/mol. The first-order valence-corrected chi connectivity index (χ1v) is 8.28. The average Bonchev–Trinajstić information content (AvgIpc) is 2.56. The molecule has 3 amide bonds. The van der Waals surface area contributed by atoms with E-state index >= 15 is 0 Å². The maximum atomic E-state index is 11.6. The van der Waals surface area contributed by atoms with Crippen molar-refractivity contribution in [3.8, 4) is 0 Å². The molecule has 0 radical (unpaired) electrons. The standard InChI is InChI=1S/C18H26N4O2/c1-18(2,15-9-5-3-6-10-15)21-19-12-7-4-8-13-22-14-11-16(23)20-17(22)24/h3-6,8-10,19,21H,7,11-14H2,1-2H3,(H,20,23,24)/b8-4+. The van der Waals surface area contributed by atoms with Crippen molar-refractivity contribution in [2.45, 2.75) is 32.2 Å². The number of carbonyl (C=O) groups is 2. The summed E-state index contributed by atoms with van der Waals surface area (Å²) in [5.41, 5.74) is 7.64. The van der Waals surface area contributed by atoms with E-state index in [1.54, 1.807) is 4.90 Å². The Morgan fingerprint density at radius 3 is 2.67 bits per heavy atom. The van der Waals surface area contributed by atoms with Crippen molar-refractivity contribution >= 4 is 11.9 Å². The minimum Gasteiger partial charge on any atom is -0.320 e. The molecular weight excluding hydrogens is 304 g/mol. The third kappa shape index (κ3) is 5.47. The molecule has 6 nitrogen and oxygen atoms in total. The van der Waals surface area contributed by atoms with Crippen LogP contribution in [0.4, 0.5) is 4.79 Å². The predicted octanol–water partition coefficient (Wildman–Crippen LogP) is 1.90. The molecule has 1 aliphatic rings. The van der Waals surface area contributed by atoms with Gasteiger partial charge in [0, 0.05) is 26.1 Å². The highest BCUT2D eigenvalue weighted by Crippen LogP contribution is 2.18. The van der Waals surface area contributed by atoms with Crippen LogP contribution in [0.2, 0.25) is 0 Å². The number of rotatable bonds is 8. The van der Waals surface area contributed by atoms with Gasteiger partial charge < -0.3 is 4.90 Å². The molecule has 0 bridgehead atoms. The Balaban J connectivity index is 1.63. The van der Waals surface area contributed by atoms with Crippen LogP contribution in [0.15, 0.2) is 42.5 Å². The van der Waals surface area contributed by atoms with Crippen LogP contribution < -0.4 is 16.2 Å². The highest BCUT2D eigenvalue weighted by molar-refractivity contribution is 5.96. The summed E-state index contributed by atoms with van der Waals surface area (Å²) < 4.78 is 0. The second-order valence-corrected chi connectivity index (χ2v) is 6.35. The fourth-order valence-corrected chi connectivity index (χ4v) is 2.46. The van der Waals surface area contributed by atoms with Gasteiger partial charge in [0.1, 0.15) is 0 Å². The van der Waals surface area contributed by atoms with E-state index in [9.17, 15) is 9.59 Å². The maximum Gasteiger partial charge on any atom is 0.324 e. The Hall–Kier alpha value is -2.18. The lowest BCUT2D eigenvalue weighted by molar-refractivity contribution is -0.121. The summed E-state index contributed by atoms with van der Waals surface area (Å²) in [5, 5.41) is 2.31. The summed E-state index contributed by atoms with van der Waals surface area (Å²) in [7, 11) is 0. The van der Waals surface area contributed by atoms with Crippen molar-refractivity contribution in [2.24, 2.45) is 0 Å². The minimum atomic E-state index is -0.305. The molecule has 0 atom stereocenters. The first kappa shape index (κ1) is 18.2. The lowest BCUT2D eigenvalue weighted by atomic mass is 9.95.